The van der Waals surface area contributed by atoms with Crippen molar-refractivity contribution in [2.75, 3.05) is 11.1 Å². The molecule has 1 N–H and O–H groups in total. The number of benzene rings is 2. The summed E-state index contributed by atoms with van der Waals surface area (Å²) in [5, 5.41) is 10.7. The molecule has 0 aliphatic heterocycles. The van der Waals surface area contributed by atoms with Crippen LogP contribution >= 0.6 is 11.8 Å². The molecule has 8 heteroatoms. The normalized spacial score (nSPS) is 10.6. The molecule has 0 aliphatic rings. The lowest BCUT2D eigenvalue weighted by Gasteiger charge is -2.06. The van der Waals surface area contributed by atoms with Crippen LogP contribution in [0.3, 0.4) is 0 Å². The van der Waals surface area contributed by atoms with Crippen molar-refractivity contribution in [2.24, 2.45) is 0 Å². The van der Waals surface area contributed by atoms with Gasteiger partial charge in [-0.1, -0.05) is 17.8 Å². The van der Waals surface area contributed by atoms with Gasteiger partial charge in [-0.3, -0.25) is 4.79 Å². The molecule has 0 radical (unpaired) electrons. The maximum Gasteiger partial charge on any atom is 0.277 e. The molecule has 3 rings (SSSR count). The quantitative estimate of drug-likeness (QED) is 0.614. The van der Waals surface area contributed by atoms with E-state index in [2.05, 4.69) is 15.5 Å². The standard InChI is InChI=1S/C19H18FN3O3S/c1-12-3-8-16(9-13(12)2)25-10-18-22-23-19(26-18)27-11-17(24)21-15-6-4-14(20)5-7-15/h3-9H,10-11H2,1-2H3,(H,21,24). The van der Waals surface area contributed by atoms with Crippen LogP contribution in [-0.4, -0.2) is 21.9 Å². The summed E-state index contributed by atoms with van der Waals surface area (Å²) in [5.41, 5.74) is 2.86. The minimum atomic E-state index is -0.358. The molecule has 0 bridgehead atoms. The molecule has 2 aromatic carbocycles. The van der Waals surface area contributed by atoms with Crippen molar-refractivity contribution in [3.05, 3.63) is 65.3 Å². The number of carbonyl (C=O) groups is 1. The van der Waals surface area contributed by atoms with Gasteiger partial charge in [0.1, 0.15) is 11.6 Å². The zero-order valence-electron chi connectivity index (χ0n) is 14.9. The molecule has 27 heavy (non-hydrogen) atoms. The Labute approximate surface area is 160 Å². The van der Waals surface area contributed by atoms with Crippen LogP contribution in [0.1, 0.15) is 17.0 Å². The first-order chi connectivity index (χ1) is 13.0. The van der Waals surface area contributed by atoms with Crippen LogP contribution in [0, 0.1) is 19.7 Å². The number of aromatic nitrogens is 2. The Bertz CT molecular complexity index is 928. The van der Waals surface area contributed by atoms with Crippen LogP contribution < -0.4 is 10.1 Å². The summed E-state index contributed by atoms with van der Waals surface area (Å²) in [7, 11) is 0. The number of carbonyl (C=O) groups excluding carboxylic acids is 1. The van der Waals surface area contributed by atoms with Crippen LogP contribution in [0.5, 0.6) is 5.75 Å². The van der Waals surface area contributed by atoms with Crippen molar-refractivity contribution >= 4 is 23.4 Å². The van der Waals surface area contributed by atoms with E-state index >= 15 is 0 Å². The third-order valence-electron chi connectivity index (χ3n) is 3.74. The zero-order valence-corrected chi connectivity index (χ0v) is 15.7. The number of aryl methyl sites for hydroxylation is 2. The third kappa shape index (κ3) is 5.55. The monoisotopic (exact) mass is 387 g/mol. The van der Waals surface area contributed by atoms with E-state index in [1.54, 1.807) is 0 Å². The number of halogens is 1. The predicted octanol–water partition coefficient (Wildman–Crippen LogP) is 4.14. The maximum atomic E-state index is 12.8. The highest BCUT2D eigenvalue weighted by molar-refractivity contribution is 7.99. The summed E-state index contributed by atoms with van der Waals surface area (Å²) in [6, 6.07) is 11.4. The minimum Gasteiger partial charge on any atom is -0.484 e. The molecule has 140 valence electrons. The molecule has 0 unspecified atom stereocenters. The molecular weight excluding hydrogens is 369 g/mol. The van der Waals surface area contributed by atoms with Crippen molar-refractivity contribution < 1.29 is 18.3 Å². The molecule has 0 saturated heterocycles. The molecular formula is C19H18FN3O3S. The number of hydrogen-bond donors (Lipinski definition) is 1. The van der Waals surface area contributed by atoms with E-state index in [0.29, 0.717) is 11.6 Å². The van der Waals surface area contributed by atoms with Gasteiger partial charge in [-0.05, 0) is 61.4 Å². The fourth-order valence-electron chi connectivity index (χ4n) is 2.16. The molecule has 3 aromatic rings. The first-order valence-corrected chi connectivity index (χ1v) is 9.19. The molecule has 0 saturated carbocycles. The molecule has 0 atom stereocenters. The maximum absolute atomic E-state index is 12.8. The van der Waals surface area contributed by atoms with Crippen molar-refractivity contribution in [1.29, 1.82) is 0 Å². The Hall–Kier alpha value is -2.87. The number of nitrogens with zero attached hydrogens (tertiary/aromatic N) is 2. The number of nitrogens with one attached hydrogen (secondary N) is 1. The number of anilines is 1. The second kappa shape index (κ2) is 8.68. The van der Waals surface area contributed by atoms with E-state index in [9.17, 15) is 9.18 Å². The molecule has 0 fully saturated rings. The van der Waals surface area contributed by atoms with Gasteiger partial charge in [0, 0.05) is 5.69 Å². The van der Waals surface area contributed by atoms with Gasteiger partial charge in [-0.25, -0.2) is 4.39 Å². The SMILES string of the molecule is Cc1ccc(OCc2nnc(SCC(=O)Nc3ccc(F)cc3)o2)cc1C. The summed E-state index contributed by atoms with van der Waals surface area (Å²) < 4.78 is 24.0. The summed E-state index contributed by atoms with van der Waals surface area (Å²) in [5.74, 6) is 0.539. The molecule has 6 nitrogen and oxygen atoms in total. The first-order valence-electron chi connectivity index (χ1n) is 8.20. The van der Waals surface area contributed by atoms with E-state index in [0.717, 1.165) is 23.1 Å². The van der Waals surface area contributed by atoms with Gasteiger partial charge < -0.3 is 14.5 Å². The van der Waals surface area contributed by atoms with E-state index in [1.165, 1.54) is 29.8 Å². The number of rotatable bonds is 7. The van der Waals surface area contributed by atoms with Crippen molar-refractivity contribution in [3.63, 3.8) is 0 Å². The van der Waals surface area contributed by atoms with Gasteiger partial charge in [0.15, 0.2) is 6.61 Å². The summed E-state index contributed by atoms with van der Waals surface area (Å²) in [6.45, 7) is 4.20. The van der Waals surface area contributed by atoms with E-state index < -0.39 is 0 Å². The van der Waals surface area contributed by atoms with E-state index in [1.807, 2.05) is 32.0 Å². The lowest BCUT2D eigenvalue weighted by Crippen LogP contribution is -2.13. The van der Waals surface area contributed by atoms with Crippen molar-refractivity contribution in [3.8, 4) is 5.75 Å². The van der Waals surface area contributed by atoms with E-state index in [4.69, 9.17) is 9.15 Å². The van der Waals surface area contributed by atoms with Crippen LogP contribution in [0.25, 0.3) is 0 Å². The Balaban J connectivity index is 1.46. The predicted molar refractivity (Wildman–Crippen MR) is 100 cm³/mol. The number of amides is 1. The van der Waals surface area contributed by atoms with Gasteiger partial charge in [0.2, 0.25) is 5.91 Å². The lowest BCUT2D eigenvalue weighted by molar-refractivity contribution is -0.113. The van der Waals surface area contributed by atoms with Crippen LogP contribution in [-0.2, 0) is 11.4 Å². The number of hydrogen-bond acceptors (Lipinski definition) is 6. The fraction of sp³-hybridized carbons (Fsp3) is 0.211. The average molecular weight is 387 g/mol. The van der Waals surface area contributed by atoms with Crippen molar-refractivity contribution in [1.82, 2.24) is 10.2 Å². The summed E-state index contributed by atoms with van der Waals surface area (Å²) in [6.07, 6.45) is 0. The number of ether oxygens (including phenoxy) is 1. The Morgan fingerprint density at radius 1 is 1.15 bits per heavy atom. The van der Waals surface area contributed by atoms with Gasteiger partial charge in [0.05, 0.1) is 5.75 Å². The lowest BCUT2D eigenvalue weighted by atomic mass is 10.1. The fourth-order valence-corrected chi connectivity index (χ4v) is 2.74. The van der Waals surface area contributed by atoms with Gasteiger partial charge in [-0.15, -0.1) is 10.2 Å². The number of thioether (sulfide) groups is 1. The van der Waals surface area contributed by atoms with Gasteiger partial charge in [-0.2, -0.15) is 0 Å². The van der Waals surface area contributed by atoms with Gasteiger partial charge in [0.25, 0.3) is 11.1 Å². The van der Waals surface area contributed by atoms with E-state index in [-0.39, 0.29) is 29.3 Å². The smallest absolute Gasteiger partial charge is 0.277 e. The second-order valence-corrected chi connectivity index (χ2v) is 6.77. The largest absolute Gasteiger partial charge is 0.484 e. The molecule has 0 spiro atoms. The Morgan fingerprint density at radius 2 is 1.93 bits per heavy atom. The third-order valence-corrected chi connectivity index (χ3v) is 4.56. The molecule has 0 aliphatic carbocycles. The highest BCUT2D eigenvalue weighted by Gasteiger charge is 2.11. The zero-order chi connectivity index (χ0) is 19.2. The van der Waals surface area contributed by atoms with Gasteiger partial charge >= 0.3 is 0 Å². The second-order valence-electron chi connectivity index (χ2n) is 5.84. The highest BCUT2D eigenvalue weighted by Crippen LogP contribution is 2.20. The first kappa shape index (κ1) is 18.9. The molecule has 1 aromatic heterocycles. The van der Waals surface area contributed by atoms with Crippen LogP contribution in [0.4, 0.5) is 10.1 Å². The van der Waals surface area contributed by atoms with Crippen molar-refractivity contribution in [2.45, 2.75) is 25.7 Å². The van der Waals surface area contributed by atoms with Crippen LogP contribution in [0.15, 0.2) is 52.1 Å². The van der Waals surface area contributed by atoms with Crippen LogP contribution in [0.2, 0.25) is 0 Å². The molecule has 1 heterocycles. The summed E-state index contributed by atoms with van der Waals surface area (Å²) in [4.78, 5) is 11.9. The average Bonchev–Trinajstić information content (AvgIpc) is 3.11. The topological polar surface area (TPSA) is 77.2 Å². The highest BCUT2D eigenvalue weighted by atomic mass is 32.2. The summed E-state index contributed by atoms with van der Waals surface area (Å²) >= 11 is 1.12. The minimum absolute atomic E-state index is 0.0943. The molecule has 1 amide bonds. The Kier molecular flexibility index (Phi) is 6.08. The Morgan fingerprint density at radius 3 is 2.67 bits per heavy atom.